The monoisotopic (exact) mass is 303 g/mol. The van der Waals surface area contributed by atoms with Crippen molar-refractivity contribution in [1.29, 1.82) is 0 Å². The molecule has 4 fully saturated rings. The number of carbonyl (C=O) groups is 3. The Labute approximate surface area is 131 Å². The summed E-state index contributed by atoms with van der Waals surface area (Å²) in [6.07, 6.45) is 8.03. The van der Waals surface area contributed by atoms with Gasteiger partial charge in [-0.2, -0.15) is 0 Å². The number of ketones is 2. The van der Waals surface area contributed by atoms with E-state index >= 15 is 0 Å². The topological polar surface area (TPSA) is 63.2 Å². The van der Waals surface area contributed by atoms with Gasteiger partial charge in [0, 0.05) is 5.54 Å². The Balaban J connectivity index is 1.61. The molecule has 0 aromatic carbocycles. The van der Waals surface area contributed by atoms with Gasteiger partial charge in [-0.15, -0.1) is 0 Å². The van der Waals surface area contributed by atoms with E-state index in [4.69, 9.17) is 0 Å². The fraction of sp³-hybridized carbons (Fsp3) is 0.722. The normalized spacial score (nSPS) is 35.1. The number of amides is 1. The number of rotatable bonds is 5. The van der Waals surface area contributed by atoms with Crippen LogP contribution in [0.15, 0.2) is 11.6 Å². The molecule has 0 aromatic rings. The summed E-state index contributed by atoms with van der Waals surface area (Å²) in [4.78, 5) is 35.9. The number of hydrogen-bond donors (Lipinski definition) is 1. The van der Waals surface area contributed by atoms with E-state index in [0.717, 1.165) is 24.8 Å². The van der Waals surface area contributed by atoms with Crippen molar-refractivity contribution in [3.63, 3.8) is 0 Å². The van der Waals surface area contributed by atoms with E-state index in [1.54, 1.807) is 13.8 Å². The van der Waals surface area contributed by atoms with Gasteiger partial charge in [0.15, 0.2) is 5.78 Å². The largest absolute Gasteiger partial charge is 0.344 e. The van der Waals surface area contributed by atoms with E-state index in [1.807, 2.05) is 0 Å². The van der Waals surface area contributed by atoms with Crippen molar-refractivity contribution in [3.05, 3.63) is 11.6 Å². The van der Waals surface area contributed by atoms with Gasteiger partial charge in [0.05, 0.1) is 6.42 Å². The average molecular weight is 303 g/mol. The van der Waals surface area contributed by atoms with Crippen LogP contribution in [-0.4, -0.2) is 23.0 Å². The minimum atomic E-state index is -0.599. The van der Waals surface area contributed by atoms with Crippen molar-refractivity contribution >= 4 is 17.5 Å². The lowest BCUT2D eigenvalue weighted by Gasteiger charge is -2.56. The Morgan fingerprint density at radius 3 is 1.95 bits per heavy atom. The highest BCUT2D eigenvalue weighted by Gasteiger charge is 2.51. The molecule has 0 unspecified atom stereocenters. The second-order valence-corrected chi connectivity index (χ2v) is 7.94. The summed E-state index contributed by atoms with van der Waals surface area (Å²) in [5.41, 5.74) is 0.681. The van der Waals surface area contributed by atoms with Crippen LogP contribution < -0.4 is 5.32 Å². The maximum absolute atomic E-state index is 12.2. The van der Waals surface area contributed by atoms with Gasteiger partial charge in [0.25, 0.3) is 5.91 Å². The number of carbonyl (C=O) groups excluding carboxylic acids is 3. The molecule has 120 valence electrons. The Hall–Kier alpha value is -1.45. The molecular formula is C18H25NO3. The first-order valence-corrected chi connectivity index (χ1v) is 8.38. The van der Waals surface area contributed by atoms with E-state index < -0.39 is 11.7 Å². The van der Waals surface area contributed by atoms with Gasteiger partial charge in [-0.3, -0.25) is 14.4 Å². The smallest absolute Gasteiger partial charge is 0.288 e. The van der Waals surface area contributed by atoms with Crippen molar-refractivity contribution in [2.24, 2.45) is 17.8 Å². The maximum Gasteiger partial charge on any atom is 0.288 e. The molecule has 1 N–H and O–H groups in total. The zero-order valence-corrected chi connectivity index (χ0v) is 13.5. The Bertz CT molecular complexity index is 507. The first-order valence-electron chi connectivity index (χ1n) is 8.38. The SMILES string of the molecule is CC(C)=CC(=O)CC(=O)C(=O)NC12CC3CC(CC(C3)C1)C2. The van der Waals surface area contributed by atoms with Gasteiger partial charge in [0.2, 0.25) is 5.78 Å². The van der Waals surface area contributed by atoms with E-state index in [9.17, 15) is 14.4 Å². The van der Waals surface area contributed by atoms with Crippen LogP contribution in [0.25, 0.3) is 0 Å². The second kappa shape index (κ2) is 5.64. The van der Waals surface area contributed by atoms with Crippen LogP contribution in [0.2, 0.25) is 0 Å². The quantitative estimate of drug-likeness (QED) is 0.482. The molecular weight excluding hydrogens is 278 g/mol. The highest BCUT2D eigenvalue weighted by atomic mass is 16.2. The van der Waals surface area contributed by atoms with E-state index in [1.165, 1.54) is 25.3 Å². The van der Waals surface area contributed by atoms with Crippen LogP contribution >= 0.6 is 0 Å². The first kappa shape index (κ1) is 15.4. The summed E-state index contributed by atoms with van der Waals surface area (Å²) in [5, 5.41) is 3.02. The van der Waals surface area contributed by atoms with Crippen molar-refractivity contribution < 1.29 is 14.4 Å². The van der Waals surface area contributed by atoms with Crippen molar-refractivity contribution in [2.75, 3.05) is 0 Å². The summed E-state index contributed by atoms with van der Waals surface area (Å²) in [6.45, 7) is 3.61. The summed E-state index contributed by atoms with van der Waals surface area (Å²) in [6, 6.07) is 0. The molecule has 0 aliphatic heterocycles. The molecule has 0 aromatic heterocycles. The van der Waals surface area contributed by atoms with Gasteiger partial charge >= 0.3 is 0 Å². The third-order valence-corrected chi connectivity index (χ3v) is 5.45. The molecule has 1 amide bonds. The molecule has 0 heterocycles. The van der Waals surface area contributed by atoms with Gasteiger partial charge in [-0.05, 0) is 76.2 Å². The number of Topliss-reactive ketones (excluding diaryl/α,β-unsaturated/α-hetero) is 1. The van der Waals surface area contributed by atoms with E-state index in [-0.39, 0.29) is 17.7 Å². The summed E-state index contributed by atoms with van der Waals surface area (Å²) < 4.78 is 0. The lowest BCUT2D eigenvalue weighted by molar-refractivity contribution is -0.142. The summed E-state index contributed by atoms with van der Waals surface area (Å²) >= 11 is 0. The lowest BCUT2D eigenvalue weighted by atomic mass is 9.53. The molecule has 4 rings (SSSR count). The fourth-order valence-corrected chi connectivity index (χ4v) is 5.19. The van der Waals surface area contributed by atoms with Gasteiger partial charge in [0.1, 0.15) is 0 Å². The average Bonchev–Trinajstić information content (AvgIpc) is 2.34. The highest BCUT2D eigenvalue weighted by molar-refractivity contribution is 6.40. The Morgan fingerprint density at radius 2 is 1.50 bits per heavy atom. The first-order chi connectivity index (χ1) is 10.3. The Kier molecular flexibility index (Phi) is 3.96. The number of allylic oxidation sites excluding steroid dienone is 2. The molecule has 4 aliphatic carbocycles. The summed E-state index contributed by atoms with van der Waals surface area (Å²) in [5.74, 6) is 0.707. The van der Waals surface area contributed by atoms with Crippen LogP contribution in [0, 0.1) is 17.8 Å². The van der Waals surface area contributed by atoms with Crippen molar-refractivity contribution in [1.82, 2.24) is 5.32 Å². The Morgan fingerprint density at radius 1 is 1.00 bits per heavy atom. The van der Waals surface area contributed by atoms with Gasteiger partial charge < -0.3 is 5.32 Å². The molecule has 0 radical (unpaired) electrons. The molecule has 0 atom stereocenters. The summed E-state index contributed by atoms with van der Waals surface area (Å²) in [7, 11) is 0. The number of nitrogens with one attached hydrogen (secondary N) is 1. The lowest BCUT2D eigenvalue weighted by Crippen LogP contribution is -2.60. The maximum atomic E-state index is 12.2. The molecule has 4 nitrogen and oxygen atoms in total. The zero-order valence-electron chi connectivity index (χ0n) is 13.5. The molecule has 4 heteroatoms. The molecule has 4 aliphatic rings. The van der Waals surface area contributed by atoms with Crippen LogP contribution in [0.1, 0.15) is 58.8 Å². The molecule has 4 bridgehead atoms. The van der Waals surface area contributed by atoms with Gasteiger partial charge in [-0.25, -0.2) is 0 Å². The molecule has 0 spiro atoms. The highest BCUT2D eigenvalue weighted by Crippen LogP contribution is 2.55. The predicted octanol–water partition coefficient (Wildman–Crippen LogP) is 2.57. The third-order valence-electron chi connectivity index (χ3n) is 5.45. The van der Waals surface area contributed by atoms with Crippen LogP contribution in [0.3, 0.4) is 0 Å². The minimum absolute atomic E-state index is 0.166. The standard InChI is InChI=1S/C18H25NO3/c1-11(2)3-15(20)7-16(21)17(22)19-18-8-12-4-13(9-18)6-14(5-12)10-18/h3,12-14H,4-10H2,1-2H3,(H,19,22). The van der Waals surface area contributed by atoms with Crippen LogP contribution in [0.5, 0.6) is 0 Å². The van der Waals surface area contributed by atoms with E-state index in [0.29, 0.717) is 17.8 Å². The zero-order chi connectivity index (χ0) is 15.9. The van der Waals surface area contributed by atoms with E-state index in [2.05, 4.69) is 5.32 Å². The third kappa shape index (κ3) is 3.16. The molecule has 22 heavy (non-hydrogen) atoms. The minimum Gasteiger partial charge on any atom is -0.344 e. The van der Waals surface area contributed by atoms with Crippen molar-refractivity contribution in [3.8, 4) is 0 Å². The fourth-order valence-electron chi connectivity index (χ4n) is 5.19. The van der Waals surface area contributed by atoms with Crippen LogP contribution in [0.4, 0.5) is 0 Å². The number of hydrogen-bond acceptors (Lipinski definition) is 3. The van der Waals surface area contributed by atoms with Crippen molar-refractivity contribution in [2.45, 2.75) is 64.3 Å². The predicted molar refractivity (Wildman–Crippen MR) is 83.1 cm³/mol. The second-order valence-electron chi connectivity index (χ2n) is 7.94. The van der Waals surface area contributed by atoms with Gasteiger partial charge in [-0.1, -0.05) is 5.57 Å². The molecule has 0 saturated heterocycles. The van der Waals surface area contributed by atoms with Crippen LogP contribution in [-0.2, 0) is 14.4 Å². The molecule has 4 saturated carbocycles.